The van der Waals surface area contributed by atoms with Crippen LogP contribution in [0.15, 0.2) is 30.3 Å². The van der Waals surface area contributed by atoms with Gasteiger partial charge in [0, 0.05) is 18.5 Å². The van der Waals surface area contributed by atoms with Crippen molar-refractivity contribution >= 4 is 5.91 Å². The summed E-state index contributed by atoms with van der Waals surface area (Å²) in [6.07, 6.45) is 6.35. The minimum Gasteiger partial charge on any atom is -0.339 e. The lowest BCUT2D eigenvalue weighted by atomic mass is 9.95. The van der Waals surface area contributed by atoms with Gasteiger partial charge in [-0.1, -0.05) is 30.3 Å². The number of hydrogen-bond donors (Lipinski definition) is 1. The van der Waals surface area contributed by atoms with E-state index in [2.05, 4.69) is 52.5 Å². The van der Waals surface area contributed by atoms with Gasteiger partial charge in [0.05, 0.1) is 0 Å². The van der Waals surface area contributed by atoms with Crippen molar-refractivity contribution in [3.8, 4) is 0 Å². The van der Waals surface area contributed by atoms with E-state index in [1.54, 1.807) is 0 Å². The second-order valence-electron chi connectivity index (χ2n) is 7.68. The molecule has 0 aliphatic carbocycles. The lowest BCUT2D eigenvalue weighted by Gasteiger charge is -2.39. The Labute approximate surface area is 152 Å². The molecule has 25 heavy (non-hydrogen) atoms. The van der Waals surface area contributed by atoms with Crippen molar-refractivity contribution in [1.29, 1.82) is 0 Å². The Morgan fingerprint density at radius 2 is 1.88 bits per heavy atom. The smallest absolute Gasteiger partial charge is 0.225 e. The number of likely N-dealkylation sites (tertiary alicyclic amines) is 1. The Morgan fingerprint density at radius 1 is 1.12 bits per heavy atom. The molecule has 2 saturated heterocycles. The molecule has 2 heterocycles. The Balaban J connectivity index is 1.67. The van der Waals surface area contributed by atoms with Gasteiger partial charge in [-0.15, -0.1) is 0 Å². The van der Waals surface area contributed by atoms with Crippen LogP contribution in [0.2, 0.25) is 0 Å². The molecular formula is C21H33N3O. The standard InChI is InChI=1S/C21H33N3O/c1-23-15-11-20(12-16-23)24(17-10-18-6-3-2-4-7-18)21(25)19-8-5-13-22-14-9-19/h2-4,6-7,19-20,22H,5,8-17H2,1H3/t19-/m1/s1. The Bertz CT molecular complexity index is 517. The zero-order chi connectivity index (χ0) is 17.5. The third-order valence-electron chi connectivity index (χ3n) is 5.82. The first-order valence-corrected chi connectivity index (χ1v) is 9.97. The maximum Gasteiger partial charge on any atom is 0.225 e. The molecule has 4 heteroatoms. The summed E-state index contributed by atoms with van der Waals surface area (Å²) in [6, 6.07) is 11.0. The predicted molar refractivity (Wildman–Crippen MR) is 103 cm³/mol. The first kappa shape index (κ1) is 18.4. The maximum atomic E-state index is 13.3. The molecule has 1 aromatic rings. The highest BCUT2D eigenvalue weighted by Gasteiger charge is 2.31. The topological polar surface area (TPSA) is 35.6 Å². The summed E-state index contributed by atoms with van der Waals surface area (Å²) in [6.45, 7) is 5.11. The summed E-state index contributed by atoms with van der Waals surface area (Å²) in [7, 11) is 2.18. The third-order valence-corrected chi connectivity index (χ3v) is 5.82. The molecule has 1 N–H and O–H groups in total. The number of rotatable bonds is 5. The highest BCUT2D eigenvalue weighted by Crippen LogP contribution is 2.23. The van der Waals surface area contributed by atoms with Gasteiger partial charge in [0.25, 0.3) is 0 Å². The molecular weight excluding hydrogens is 310 g/mol. The van der Waals surface area contributed by atoms with Crippen LogP contribution in [0.1, 0.15) is 37.7 Å². The summed E-state index contributed by atoms with van der Waals surface area (Å²) in [5, 5.41) is 3.44. The van der Waals surface area contributed by atoms with Gasteiger partial charge in [-0.3, -0.25) is 4.79 Å². The largest absolute Gasteiger partial charge is 0.339 e. The van der Waals surface area contributed by atoms with Crippen molar-refractivity contribution in [3.05, 3.63) is 35.9 Å². The Hall–Kier alpha value is -1.39. The van der Waals surface area contributed by atoms with Gasteiger partial charge in [-0.25, -0.2) is 0 Å². The summed E-state index contributed by atoms with van der Waals surface area (Å²) in [5.74, 6) is 0.625. The summed E-state index contributed by atoms with van der Waals surface area (Å²) < 4.78 is 0. The van der Waals surface area contributed by atoms with E-state index in [0.717, 1.165) is 71.2 Å². The third kappa shape index (κ3) is 5.29. The number of nitrogens with one attached hydrogen (secondary N) is 1. The fourth-order valence-electron chi connectivity index (χ4n) is 4.17. The van der Waals surface area contributed by atoms with Crippen LogP contribution in [0.4, 0.5) is 0 Å². The molecule has 2 aliphatic heterocycles. The second kappa shape index (κ2) is 9.35. The fraction of sp³-hybridized carbons (Fsp3) is 0.667. The summed E-state index contributed by atoms with van der Waals surface area (Å²) in [4.78, 5) is 18.0. The van der Waals surface area contributed by atoms with Gasteiger partial charge >= 0.3 is 0 Å². The van der Waals surface area contributed by atoms with Gasteiger partial charge < -0.3 is 15.1 Å². The van der Waals surface area contributed by atoms with Crippen LogP contribution in [0.3, 0.4) is 0 Å². The molecule has 0 saturated carbocycles. The first-order chi connectivity index (χ1) is 12.2. The molecule has 0 unspecified atom stereocenters. The number of carbonyl (C=O) groups excluding carboxylic acids is 1. The summed E-state index contributed by atoms with van der Waals surface area (Å²) >= 11 is 0. The quantitative estimate of drug-likeness (QED) is 0.892. The minimum atomic E-state index is 0.213. The van der Waals surface area contributed by atoms with Crippen molar-refractivity contribution in [2.75, 3.05) is 39.8 Å². The number of carbonyl (C=O) groups is 1. The van der Waals surface area contributed by atoms with Crippen molar-refractivity contribution in [3.63, 3.8) is 0 Å². The zero-order valence-electron chi connectivity index (χ0n) is 15.6. The Kier molecular flexibility index (Phi) is 6.88. The number of hydrogen-bond acceptors (Lipinski definition) is 3. The maximum absolute atomic E-state index is 13.3. The molecule has 2 fully saturated rings. The number of nitrogens with zero attached hydrogens (tertiary/aromatic N) is 2. The SMILES string of the molecule is CN1CCC(N(CCc2ccccc2)C(=O)[C@@H]2CCCNCC2)CC1. The molecule has 3 rings (SSSR count). The predicted octanol–water partition coefficient (Wildman–Crippen LogP) is 2.54. The highest BCUT2D eigenvalue weighted by atomic mass is 16.2. The van der Waals surface area contributed by atoms with E-state index in [9.17, 15) is 4.79 Å². The molecule has 1 amide bonds. The van der Waals surface area contributed by atoms with Crippen molar-refractivity contribution in [2.24, 2.45) is 5.92 Å². The zero-order valence-corrected chi connectivity index (χ0v) is 15.6. The highest BCUT2D eigenvalue weighted by molar-refractivity contribution is 5.79. The number of amides is 1. The molecule has 0 radical (unpaired) electrons. The molecule has 1 atom stereocenters. The van der Waals surface area contributed by atoms with Crippen molar-refractivity contribution < 1.29 is 4.79 Å². The normalized spacial score (nSPS) is 23.2. The van der Waals surface area contributed by atoms with Gasteiger partial charge in [0.2, 0.25) is 5.91 Å². The van der Waals surface area contributed by atoms with Crippen molar-refractivity contribution in [2.45, 2.75) is 44.6 Å². The molecule has 0 bridgehead atoms. The first-order valence-electron chi connectivity index (χ1n) is 9.97. The van der Waals surface area contributed by atoms with Crippen LogP contribution in [0, 0.1) is 5.92 Å². The number of piperidine rings is 1. The van der Waals surface area contributed by atoms with Crippen LogP contribution in [0.25, 0.3) is 0 Å². The summed E-state index contributed by atoms with van der Waals surface area (Å²) in [5.41, 5.74) is 1.33. The average Bonchev–Trinajstić information content (AvgIpc) is 2.93. The van der Waals surface area contributed by atoms with E-state index in [-0.39, 0.29) is 5.92 Å². The van der Waals surface area contributed by atoms with Crippen LogP contribution in [0.5, 0.6) is 0 Å². The van der Waals surface area contributed by atoms with Gasteiger partial charge in [0.15, 0.2) is 0 Å². The van der Waals surface area contributed by atoms with E-state index >= 15 is 0 Å². The van der Waals surface area contributed by atoms with Crippen LogP contribution in [-0.4, -0.2) is 61.5 Å². The average molecular weight is 344 g/mol. The Morgan fingerprint density at radius 3 is 2.64 bits per heavy atom. The van der Waals surface area contributed by atoms with Crippen LogP contribution >= 0.6 is 0 Å². The minimum absolute atomic E-state index is 0.213. The second-order valence-corrected chi connectivity index (χ2v) is 7.68. The van der Waals surface area contributed by atoms with E-state index < -0.39 is 0 Å². The van der Waals surface area contributed by atoms with Gasteiger partial charge in [0.1, 0.15) is 0 Å². The van der Waals surface area contributed by atoms with Crippen molar-refractivity contribution in [1.82, 2.24) is 15.1 Å². The van der Waals surface area contributed by atoms with Gasteiger partial charge in [-0.05, 0) is 77.3 Å². The van der Waals surface area contributed by atoms with Crippen LogP contribution < -0.4 is 5.32 Å². The van der Waals surface area contributed by atoms with E-state index in [1.807, 2.05) is 0 Å². The number of benzene rings is 1. The van der Waals surface area contributed by atoms with Crippen LogP contribution in [-0.2, 0) is 11.2 Å². The molecule has 0 aromatic heterocycles. The molecule has 2 aliphatic rings. The fourth-order valence-corrected chi connectivity index (χ4v) is 4.17. The molecule has 0 spiro atoms. The molecule has 4 nitrogen and oxygen atoms in total. The van der Waals surface area contributed by atoms with Gasteiger partial charge in [-0.2, -0.15) is 0 Å². The molecule has 1 aromatic carbocycles. The lowest BCUT2D eigenvalue weighted by molar-refractivity contribution is -0.139. The monoisotopic (exact) mass is 343 g/mol. The van der Waals surface area contributed by atoms with E-state index in [1.165, 1.54) is 5.56 Å². The lowest BCUT2D eigenvalue weighted by Crippen LogP contribution is -2.49. The van der Waals surface area contributed by atoms with E-state index in [4.69, 9.17) is 0 Å². The van der Waals surface area contributed by atoms with E-state index in [0.29, 0.717) is 11.9 Å². The molecule has 138 valence electrons.